The topological polar surface area (TPSA) is 122 Å². The molecule has 2 rings (SSSR count). The van der Waals surface area contributed by atoms with E-state index in [1.54, 1.807) is 17.0 Å². The number of nitrogens with zero attached hydrogens (tertiary/aromatic N) is 3. The molecule has 1 saturated heterocycles. The van der Waals surface area contributed by atoms with Crippen LogP contribution in [0.1, 0.15) is 30.1 Å². The van der Waals surface area contributed by atoms with Crippen LogP contribution in [0.4, 0.5) is 11.4 Å². The summed E-state index contributed by atoms with van der Waals surface area (Å²) in [5, 5.41) is 14.2. The number of nitro groups is 1. The summed E-state index contributed by atoms with van der Waals surface area (Å²) in [5.41, 5.74) is 6.04. The van der Waals surface area contributed by atoms with Gasteiger partial charge in [0.05, 0.1) is 4.92 Å². The van der Waals surface area contributed by atoms with Gasteiger partial charge in [-0.25, -0.2) is 0 Å². The molecule has 3 N–H and O–H groups in total. The normalized spacial score (nSPS) is 13.7. The SMILES string of the molecule is CC(=O)N1CCN(c2ccc(C(=O)NCCCCN)cc2[N+](=O)[O-])CC1.Cl. The highest BCUT2D eigenvalue weighted by Crippen LogP contribution is 2.30. The first-order valence-corrected chi connectivity index (χ1v) is 8.71. The second-order valence-electron chi connectivity index (χ2n) is 6.21. The number of hydrogen-bond acceptors (Lipinski definition) is 6. The minimum atomic E-state index is -0.474. The Hall–Kier alpha value is -2.39. The summed E-state index contributed by atoms with van der Waals surface area (Å²) in [6.07, 6.45) is 1.58. The van der Waals surface area contributed by atoms with Crippen LogP contribution in [-0.4, -0.2) is 60.9 Å². The maximum atomic E-state index is 12.2. The van der Waals surface area contributed by atoms with Gasteiger partial charge in [-0.15, -0.1) is 12.4 Å². The van der Waals surface area contributed by atoms with Crippen molar-refractivity contribution in [2.75, 3.05) is 44.2 Å². The van der Waals surface area contributed by atoms with Crippen LogP contribution in [0.5, 0.6) is 0 Å². The number of rotatable bonds is 7. The average molecular weight is 400 g/mol. The fraction of sp³-hybridized carbons (Fsp3) is 0.529. The summed E-state index contributed by atoms with van der Waals surface area (Å²) in [6.45, 7) is 4.65. The summed E-state index contributed by atoms with van der Waals surface area (Å²) in [6, 6.07) is 4.51. The number of halogens is 1. The summed E-state index contributed by atoms with van der Waals surface area (Å²) in [7, 11) is 0. The van der Waals surface area contributed by atoms with Gasteiger partial charge in [0.25, 0.3) is 11.6 Å². The van der Waals surface area contributed by atoms with Crippen molar-refractivity contribution in [1.29, 1.82) is 0 Å². The highest BCUT2D eigenvalue weighted by atomic mass is 35.5. The Bertz CT molecular complexity index is 677. The number of piperazine rings is 1. The third kappa shape index (κ3) is 6.07. The van der Waals surface area contributed by atoms with Crippen molar-refractivity contribution in [1.82, 2.24) is 10.2 Å². The number of anilines is 1. The van der Waals surface area contributed by atoms with E-state index in [0.29, 0.717) is 45.0 Å². The molecule has 10 heteroatoms. The van der Waals surface area contributed by atoms with E-state index in [2.05, 4.69) is 5.32 Å². The molecule has 1 aromatic rings. The van der Waals surface area contributed by atoms with Crippen molar-refractivity contribution in [3.8, 4) is 0 Å². The first kappa shape index (κ1) is 22.7. The van der Waals surface area contributed by atoms with Gasteiger partial charge in [0, 0.05) is 51.3 Å². The molecule has 1 fully saturated rings. The van der Waals surface area contributed by atoms with Gasteiger partial charge in [-0.3, -0.25) is 19.7 Å². The van der Waals surface area contributed by atoms with Gasteiger partial charge in [0.15, 0.2) is 0 Å². The van der Waals surface area contributed by atoms with Gasteiger partial charge in [-0.05, 0) is 31.5 Å². The highest BCUT2D eigenvalue weighted by Gasteiger charge is 2.25. The lowest BCUT2D eigenvalue weighted by molar-refractivity contribution is -0.384. The van der Waals surface area contributed by atoms with Gasteiger partial charge in [0.2, 0.25) is 5.91 Å². The zero-order valence-corrected chi connectivity index (χ0v) is 16.2. The molecule has 2 amide bonds. The number of nitro benzene ring substituents is 1. The number of carbonyl (C=O) groups excluding carboxylic acids is 2. The van der Waals surface area contributed by atoms with Gasteiger partial charge in [0.1, 0.15) is 5.69 Å². The van der Waals surface area contributed by atoms with E-state index in [0.717, 1.165) is 12.8 Å². The minimum Gasteiger partial charge on any atom is -0.362 e. The molecule has 1 heterocycles. The van der Waals surface area contributed by atoms with Gasteiger partial charge in [-0.2, -0.15) is 0 Å². The van der Waals surface area contributed by atoms with Crippen molar-refractivity contribution < 1.29 is 14.5 Å². The van der Waals surface area contributed by atoms with Crippen molar-refractivity contribution >= 4 is 35.6 Å². The number of nitrogens with one attached hydrogen (secondary N) is 1. The monoisotopic (exact) mass is 399 g/mol. The largest absolute Gasteiger partial charge is 0.362 e. The Morgan fingerprint density at radius 1 is 1.22 bits per heavy atom. The van der Waals surface area contributed by atoms with Crippen LogP contribution < -0.4 is 16.0 Å². The van der Waals surface area contributed by atoms with Gasteiger partial charge < -0.3 is 20.9 Å². The lowest BCUT2D eigenvalue weighted by Crippen LogP contribution is -2.48. The average Bonchev–Trinajstić information content (AvgIpc) is 2.64. The van der Waals surface area contributed by atoms with Crippen LogP contribution in [0.3, 0.4) is 0 Å². The molecule has 0 radical (unpaired) electrons. The van der Waals surface area contributed by atoms with Crippen molar-refractivity contribution in [3.05, 3.63) is 33.9 Å². The van der Waals surface area contributed by atoms with E-state index >= 15 is 0 Å². The summed E-state index contributed by atoms with van der Waals surface area (Å²) < 4.78 is 0. The lowest BCUT2D eigenvalue weighted by atomic mass is 10.1. The molecule has 9 nitrogen and oxygen atoms in total. The quantitative estimate of drug-likeness (QED) is 0.403. The fourth-order valence-corrected chi connectivity index (χ4v) is 2.91. The van der Waals surface area contributed by atoms with Crippen LogP contribution in [0.15, 0.2) is 18.2 Å². The molecule has 0 aromatic heterocycles. The zero-order valence-electron chi connectivity index (χ0n) is 15.3. The zero-order chi connectivity index (χ0) is 19.1. The minimum absolute atomic E-state index is 0. The summed E-state index contributed by atoms with van der Waals surface area (Å²) >= 11 is 0. The van der Waals surface area contributed by atoms with Crippen LogP contribution >= 0.6 is 12.4 Å². The molecular weight excluding hydrogens is 374 g/mol. The highest BCUT2D eigenvalue weighted by molar-refractivity contribution is 5.95. The standard InChI is InChI=1S/C17H25N5O4.ClH/c1-13(23)20-8-10-21(11-9-20)15-5-4-14(12-16(15)22(25)26)17(24)19-7-3-2-6-18;/h4-5,12H,2-3,6-11,18H2,1H3,(H,19,24);1H. The Morgan fingerprint density at radius 2 is 1.89 bits per heavy atom. The molecule has 1 aliphatic heterocycles. The lowest BCUT2D eigenvalue weighted by Gasteiger charge is -2.35. The molecular formula is C17H26ClN5O4. The number of benzene rings is 1. The number of nitrogens with two attached hydrogens (primary N) is 1. The number of carbonyl (C=O) groups is 2. The Balaban J connectivity index is 0.00000364. The number of hydrogen-bond donors (Lipinski definition) is 2. The second-order valence-corrected chi connectivity index (χ2v) is 6.21. The van der Waals surface area contributed by atoms with Crippen LogP contribution in [0.25, 0.3) is 0 Å². The first-order chi connectivity index (χ1) is 12.4. The van der Waals surface area contributed by atoms with Crippen LogP contribution in [0, 0.1) is 10.1 Å². The maximum absolute atomic E-state index is 12.2. The Kier molecular flexibility index (Phi) is 8.96. The first-order valence-electron chi connectivity index (χ1n) is 8.71. The molecule has 0 saturated carbocycles. The predicted molar refractivity (Wildman–Crippen MR) is 105 cm³/mol. The van der Waals surface area contributed by atoms with E-state index in [1.165, 1.54) is 13.0 Å². The van der Waals surface area contributed by atoms with E-state index in [9.17, 15) is 19.7 Å². The third-order valence-electron chi connectivity index (χ3n) is 4.42. The number of unbranched alkanes of at least 4 members (excludes halogenated alkanes) is 1. The molecule has 1 aromatic carbocycles. The van der Waals surface area contributed by atoms with E-state index < -0.39 is 4.92 Å². The third-order valence-corrected chi connectivity index (χ3v) is 4.42. The molecule has 0 bridgehead atoms. The molecule has 1 aliphatic rings. The van der Waals surface area contributed by atoms with Crippen molar-refractivity contribution in [2.45, 2.75) is 19.8 Å². The molecule has 27 heavy (non-hydrogen) atoms. The smallest absolute Gasteiger partial charge is 0.293 e. The van der Waals surface area contributed by atoms with E-state index in [1.807, 2.05) is 4.90 Å². The molecule has 150 valence electrons. The number of amides is 2. The van der Waals surface area contributed by atoms with Crippen molar-refractivity contribution in [2.24, 2.45) is 5.73 Å². The Morgan fingerprint density at radius 3 is 2.44 bits per heavy atom. The molecule has 0 spiro atoms. The predicted octanol–water partition coefficient (Wildman–Crippen LogP) is 1.15. The Labute approximate surface area is 164 Å². The van der Waals surface area contributed by atoms with Gasteiger partial charge >= 0.3 is 0 Å². The fourth-order valence-electron chi connectivity index (χ4n) is 2.91. The molecule has 0 unspecified atom stereocenters. The molecule has 0 aliphatic carbocycles. The van der Waals surface area contributed by atoms with Crippen LogP contribution in [-0.2, 0) is 4.79 Å². The second kappa shape index (κ2) is 10.7. The van der Waals surface area contributed by atoms with Crippen LogP contribution in [0.2, 0.25) is 0 Å². The summed E-state index contributed by atoms with van der Waals surface area (Å²) in [5.74, 6) is -0.334. The molecule has 0 atom stereocenters. The maximum Gasteiger partial charge on any atom is 0.293 e. The van der Waals surface area contributed by atoms with Crippen molar-refractivity contribution in [3.63, 3.8) is 0 Å². The van der Waals surface area contributed by atoms with E-state index in [-0.39, 0.29) is 35.5 Å². The summed E-state index contributed by atoms with van der Waals surface area (Å²) in [4.78, 5) is 38.2. The van der Waals surface area contributed by atoms with E-state index in [4.69, 9.17) is 5.73 Å². The van der Waals surface area contributed by atoms with Gasteiger partial charge in [-0.1, -0.05) is 0 Å².